The Hall–Kier alpha value is -3.79. The SMILES string of the molecule is O=C(Oc1ccccc1)C(C(=O)C(C(=O)Oc1ccccc1)(C(F)(F)F)C(F)(F)F)(C(F)(F)F)C(F)(F)F. The van der Waals surface area contributed by atoms with Crippen LogP contribution in [0, 0.1) is 10.8 Å². The lowest BCUT2D eigenvalue weighted by molar-refractivity contribution is -0.344. The summed E-state index contributed by atoms with van der Waals surface area (Å²) in [6, 6.07) is 7.58. The summed E-state index contributed by atoms with van der Waals surface area (Å²) in [5.41, 5.74) is -14.3. The molecular formula is C21H10F12O5. The third-order valence-electron chi connectivity index (χ3n) is 4.90. The van der Waals surface area contributed by atoms with Gasteiger partial charge in [-0.3, -0.25) is 4.79 Å². The summed E-state index contributed by atoms with van der Waals surface area (Å²) in [4.78, 5) is 37.2. The average Bonchev–Trinajstić information content (AvgIpc) is 2.71. The minimum Gasteiger partial charge on any atom is -0.425 e. The van der Waals surface area contributed by atoms with E-state index < -0.39 is 64.8 Å². The second-order valence-corrected chi connectivity index (χ2v) is 7.23. The van der Waals surface area contributed by atoms with Crippen LogP contribution in [-0.2, 0) is 14.4 Å². The summed E-state index contributed by atoms with van der Waals surface area (Å²) in [5, 5.41) is 0. The summed E-state index contributed by atoms with van der Waals surface area (Å²) >= 11 is 0. The standard InChI is InChI=1S/C21H10F12O5/c22-18(23,24)16(19(25,26)27,14(35)37-11-7-3-1-4-8-11)13(34)17(20(28,29)30,21(31,32)33)15(36)38-12-9-5-2-6-10-12/h1-10H. The zero-order chi connectivity index (χ0) is 29.4. The highest BCUT2D eigenvalue weighted by Crippen LogP contribution is 2.61. The first-order valence-electron chi connectivity index (χ1n) is 9.52. The number of hydrogen-bond donors (Lipinski definition) is 0. The molecule has 17 heteroatoms. The molecule has 0 aliphatic heterocycles. The number of Topliss-reactive ketones (excluding diaryl/α,β-unsaturated/α-hetero) is 1. The first-order chi connectivity index (χ1) is 17.2. The van der Waals surface area contributed by atoms with Gasteiger partial charge in [0.25, 0.3) is 0 Å². The predicted molar refractivity (Wildman–Crippen MR) is 98.2 cm³/mol. The molecule has 0 unspecified atom stereocenters. The van der Waals surface area contributed by atoms with Gasteiger partial charge in [0.05, 0.1) is 0 Å². The van der Waals surface area contributed by atoms with Crippen molar-refractivity contribution in [3.63, 3.8) is 0 Å². The molecule has 0 amide bonds. The summed E-state index contributed by atoms with van der Waals surface area (Å²) in [6.45, 7) is 0. The van der Waals surface area contributed by atoms with E-state index in [1.54, 1.807) is 0 Å². The number of ether oxygens (including phenoxy) is 2. The summed E-state index contributed by atoms with van der Waals surface area (Å²) in [6.07, 6.45) is -30.2. The van der Waals surface area contributed by atoms with Crippen LogP contribution in [0.3, 0.4) is 0 Å². The number of rotatable bonds is 6. The van der Waals surface area contributed by atoms with Crippen LogP contribution < -0.4 is 9.47 Å². The number of benzene rings is 2. The molecule has 2 rings (SSSR count). The van der Waals surface area contributed by atoms with E-state index >= 15 is 0 Å². The van der Waals surface area contributed by atoms with Gasteiger partial charge in [-0.2, -0.15) is 52.7 Å². The molecule has 0 aromatic heterocycles. The minimum absolute atomic E-state index is 0.504. The first kappa shape index (κ1) is 30.4. The molecule has 0 spiro atoms. The third kappa shape index (κ3) is 4.88. The van der Waals surface area contributed by atoms with Crippen LogP contribution in [0.4, 0.5) is 52.7 Å². The van der Waals surface area contributed by atoms with E-state index in [9.17, 15) is 67.1 Å². The van der Waals surface area contributed by atoms with Gasteiger partial charge in [-0.1, -0.05) is 36.4 Å². The van der Waals surface area contributed by atoms with Gasteiger partial charge in [0.1, 0.15) is 11.5 Å². The molecule has 5 nitrogen and oxygen atoms in total. The van der Waals surface area contributed by atoms with Gasteiger partial charge in [0.2, 0.25) is 5.78 Å². The Labute approximate surface area is 202 Å². The van der Waals surface area contributed by atoms with Crippen LogP contribution in [-0.4, -0.2) is 42.4 Å². The van der Waals surface area contributed by atoms with Crippen molar-refractivity contribution in [1.29, 1.82) is 0 Å². The van der Waals surface area contributed by atoms with Crippen molar-refractivity contribution in [3.8, 4) is 11.5 Å². The molecule has 2 aromatic carbocycles. The van der Waals surface area contributed by atoms with Crippen LogP contribution in [0.2, 0.25) is 0 Å². The van der Waals surface area contributed by atoms with E-state index in [-0.39, 0.29) is 0 Å². The van der Waals surface area contributed by atoms with Crippen LogP contribution in [0.5, 0.6) is 11.5 Å². The van der Waals surface area contributed by atoms with Gasteiger partial charge in [-0.25, -0.2) is 9.59 Å². The molecule has 0 fully saturated rings. The fraction of sp³-hybridized carbons (Fsp3) is 0.286. The van der Waals surface area contributed by atoms with Gasteiger partial charge in [0.15, 0.2) is 0 Å². The summed E-state index contributed by atoms with van der Waals surface area (Å²) in [5.74, 6) is -15.3. The molecule has 0 atom stereocenters. The van der Waals surface area contributed by atoms with E-state index in [4.69, 9.17) is 0 Å². The van der Waals surface area contributed by atoms with E-state index in [0.29, 0.717) is 24.3 Å². The molecule has 0 radical (unpaired) electrons. The highest BCUT2D eigenvalue weighted by molar-refractivity contribution is 6.17. The Morgan fingerprint density at radius 3 is 0.895 bits per heavy atom. The van der Waals surface area contributed by atoms with Crippen LogP contribution >= 0.6 is 0 Å². The Kier molecular flexibility index (Phi) is 7.87. The van der Waals surface area contributed by atoms with Crippen molar-refractivity contribution in [3.05, 3.63) is 60.7 Å². The number of hydrogen-bond acceptors (Lipinski definition) is 5. The molecule has 0 saturated heterocycles. The topological polar surface area (TPSA) is 69.7 Å². The lowest BCUT2D eigenvalue weighted by Crippen LogP contribution is -2.73. The van der Waals surface area contributed by atoms with Gasteiger partial charge in [-0.15, -0.1) is 0 Å². The zero-order valence-corrected chi connectivity index (χ0v) is 17.9. The largest absolute Gasteiger partial charge is 0.425 e. The second kappa shape index (κ2) is 9.83. The molecule has 0 bridgehead atoms. The van der Waals surface area contributed by atoms with Crippen molar-refractivity contribution in [1.82, 2.24) is 0 Å². The molecule has 2 aromatic rings. The Morgan fingerprint density at radius 1 is 0.447 bits per heavy atom. The van der Waals surface area contributed by atoms with Gasteiger partial charge < -0.3 is 9.47 Å². The molecular weight excluding hydrogens is 560 g/mol. The highest BCUT2D eigenvalue weighted by Gasteiger charge is 2.92. The number of ketones is 1. The van der Waals surface area contributed by atoms with E-state index in [0.717, 1.165) is 36.4 Å². The first-order valence-corrected chi connectivity index (χ1v) is 9.52. The number of para-hydroxylation sites is 2. The number of carbonyl (C=O) groups excluding carboxylic acids is 3. The van der Waals surface area contributed by atoms with E-state index in [2.05, 4.69) is 9.47 Å². The molecule has 0 N–H and O–H groups in total. The number of alkyl halides is 12. The van der Waals surface area contributed by atoms with Crippen molar-refractivity contribution in [2.45, 2.75) is 24.7 Å². The second-order valence-electron chi connectivity index (χ2n) is 7.23. The van der Waals surface area contributed by atoms with Gasteiger partial charge in [0, 0.05) is 0 Å². The van der Waals surface area contributed by atoms with Crippen molar-refractivity contribution >= 4 is 17.7 Å². The summed E-state index contributed by atoms with van der Waals surface area (Å²) in [7, 11) is 0. The minimum atomic E-state index is -7.55. The Morgan fingerprint density at radius 2 is 0.684 bits per heavy atom. The fourth-order valence-corrected chi connectivity index (χ4v) is 3.11. The van der Waals surface area contributed by atoms with Crippen LogP contribution in [0.1, 0.15) is 0 Å². The lowest BCUT2D eigenvalue weighted by Gasteiger charge is -2.41. The van der Waals surface area contributed by atoms with Crippen molar-refractivity contribution in [2.75, 3.05) is 0 Å². The maximum atomic E-state index is 13.9. The normalized spacial score (nSPS) is 13.6. The fourth-order valence-electron chi connectivity index (χ4n) is 3.11. The van der Waals surface area contributed by atoms with Crippen LogP contribution in [0.15, 0.2) is 60.7 Å². The maximum absolute atomic E-state index is 13.9. The highest BCUT2D eigenvalue weighted by atomic mass is 19.4. The third-order valence-corrected chi connectivity index (χ3v) is 4.90. The quantitative estimate of drug-likeness (QED) is 0.185. The molecule has 0 aliphatic carbocycles. The zero-order valence-electron chi connectivity index (χ0n) is 17.9. The number of carbonyl (C=O) groups is 3. The molecule has 208 valence electrons. The van der Waals surface area contributed by atoms with E-state index in [1.165, 1.54) is 0 Å². The monoisotopic (exact) mass is 570 g/mol. The predicted octanol–water partition coefficient (Wildman–Crippen LogP) is 5.99. The smallest absolute Gasteiger partial charge is 0.421 e. The van der Waals surface area contributed by atoms with E-state index in [1.807, 2.05) is 0 Å². The Bertz CT molecular complexity index is 1050. The lowest BCUT2D eigenvalue weighted by atomic mass is 9.67. The Balaban J connectivity index is 2.98. The number of halogens is 12. The van der Waals surface area contributed by atoms with Crippen LogP contribution in [0.25, 0.3) is 0 Å². The van der Waals surface area contributed by atoms with Crippen molar-refractivity contribution < 1.29 is 76.5 Å². The van der Waals surface area contributed by atoms with Gasteiger partial charge in [-0.05, 0) is 24.3 Å². The average molecular weight is 570 g/mol. The maximum Gasteiger partial charge on any atom is 0.421 e. The molecule has 0 heterocycles. The molecule has 0 aliphatic rings. The molecule has 0 saturated carbocycles. The van der Waals surface area contributed by atoms with Crippen molar-refractivity contribution in [2.24, 2.45) is 10.8 Å². The van der Waals surface area contributed by atoms with Gasteiger partial charge >= 0.3 is 47.5 Å². The molecule has 38 heavy (non-hydrogen) atoms. The number of esters is 2. The summed E-state index contributed by atoms with van der Waals surface area (Å²) < 4.78 is 175.